The number of aliphatic carboxylic acids is 1. The van der Waals surface area contributed by atoms with E-state index in [9.17, 15) is 4.79 Å². The van der Waals surface area contributed by atoms with Gasteiger partial charge in [0.2, 0.25) is 0 Å². The average molecular weight is 295 g/mol. The van der Waals surface area contributed by atoms with E-state index in [1.165, 1.54) is 0 Å². The van der Waals surface area contributed by atoms with E-state index in [1.54, 1.807) is 11.3 Å². The Balaban J connectivity index is 1.70. The van der Waals surface area contributed by atoms with Gasteiger partial charge in [0, 0.05) is 30.7 Å². The summed E-state index contributed by atoms with van der Waals surface area (Å²) in [5.74, 6) is -0.718. The Morgan fingerprint density at radius 1 is 1.50 bits per heavy atom. The summed E-state index contributed by atoms with van der Waals surface area (Å²) < 4.78 is 2.03. The molecular formula is C14H21N3O2S. The van der Waals surface area contributed by atoms with E-state index in [1.807, 2.05) is 22.2 Å². The number of fused-ring (bicyclic) bond motifs is 1. The predicted molar refractivity (Wildman–Crippen MR) is 80.0 cm³/mol. The summed E-state index contributed by atoms with van der Waals surface area (Å²) in [5, 5.41) is 14.1. The molecule has 0 fully saturated rings. The third kappa shape index (κ3) is 4.31. The van der Waals surface area contributed by atoms with E-state index in [2.05, 4.69) is 24.1 Å². The minimum atomic E-state index is -0.718. The second kappa shape index (κ2) is 6.37. The number of carboxylic acid groups (broad SMARTS) is 1. The number of thiazole rings is 1. The maximum atomic E-state index is 10.6. The number of nitrogens with one attached hydrogen (secondary N) is 1. The summed E-state index contributed by atoms with van der Waals surface area (Å²) >= 11 is 1.63. The normalized spacial score (nSPS) is 12.1. The lowest BCUT2D eigenvalue weighted by Crippen LogP contribution is -2.23. The van der Waals surface area contributed by atoms with Crippen LogP contribution in [0.4, 0.5) is 0 Å². The topological polar surface area (TPSA) is 66.6 Å². The molecule has 0 bridgehead atoms. The fourth-order valence-electron chi connectivity index (χ4n) is 2.07. The first-order chi connectivity index (χ1) is 9.46. The summed E-state index contributed by atoms with van der Waals surface area (Å²) in [6, 6.07) is 0. The molecule has 0 aromatic carbocycles. The number of imidazole rings is 1. The van der Waals surface area contributed by atoms with Crippen LogP contribution < -0.4 is 5.32 Å². The van der Waals surface area contributed by atoms with Gasteiger partial charge in [0.1, 0.15) is 0 Å². The molecule has 0 radical (unpaired) electrons. The van der Waals surface area contributed by atoms with Crippen molar-refractivity contribution in [1.82, 2.24) is 14.7 Å². The van der Waals surface area contributed by atoms with E-state index in [0.29, 0.717) is 6.42 Å². The van der Waals surface area contributed by atoms with Crippen LogP contribution in [0.25, 0.3) is 4.96 Å². The fraction of sp³-hybridized carbons (Fsp3) is 0.571. The number of hydrogen-bond acceptors (Lipinski definition) is 4. The Kier molecular flexibility index (Phi) is 4.77. The standard InChI is InChI=1S/C14H21N3O2S/c1-14(2,4-3-12(18)19)5-6-15-9-11-10-17-7-8-20-13(17)16-11/h7-8,10,15H,3-6,9H2,1-2H3,(H,18,19). The maximum absolute atomic E-state index is 10.6. The first-order valence-electron chi connectivity index (χ1n) is 6.80. The molecule has 2 N–H and O–H groups in total. The fourth-order valence-corrected chi connectivity index (χ4v) is 2.79. The number of nitrogens with zero attached hydrogens (tertiary/aromatic N) is 2. The Morgan fingerprint density at radius 2 is 2.30 bits per heavy atom. The molecule has 2 aromatic heterocycles. The molecule has 2 rings (SSSR count). The maximum Gasteiger partial charge on any atom is 0.303 e. The van der Waals surface area contributed by atoms with Gasteiger partial charge in [-0.25, -0.2) is 4.98 Å². The first-order valence-corrected chi connectivity index (χ1v) is 7.68. The summed E-state index contributed by atoms with van der Waals surface area (Å²) in [6.45, 7) is 5.86. The second-order valence-electron chi connectivity index (χ2n) is 5.81. The summed E-state index contributed by atoms with van der Waals surface area (Å²) in [4.78, 5) is 16.1. The molecule has 5 nitrogen and oxygen atoms in total. The van der Waals surface area contributed by atoms with E-state index >= 15 is 0 Å². The third-order valence-electron chi connectivity index (χ3n) is 3.44. The molecule has 0 atom stereocenters. The molecule has 0 saturated heterocycles. The van der Waals surface area contributed by atoms with Crippen LogP contribution in [0.5, 0.6) is 0 Å². The monoisotopic (exact) mass is 295 g/mol. The minimum Gasteiger partial charge on any atom is -0.481 e. The van der Waals surface area contributed by atoms with Gasteiger partial charge in [-0.3, -0.25) is 9.20 Å². The number of rotatable bonds is 8. The molecule has 0 aliphatic carbocycles. The highest BCUT2D eigenvalue weighted by Crippen LogP contribution is 2.26. The van der Waals surface area contributed by atoms with Gasteiger partial charge in [0.15, 0.2) is 4.96 Å². The first kappa shape index (κ1) is 15.0. The highest BCUT2D eigenvalue weighted by Gasteiger charge is 2.18. The summed E-state index contributed by atoms with van der Waals surface area (Å²) in [6.07, 6.45) is 5.96. The van der Waals surface area contributed by atoms with Crippen LogP contribution >= 0.6 is 11.3 Å². The van der Waals surface area contributed by atoms with Gasteiger partial charge in [-0.15, -0.1) is 11.3 Å². The number of aromatic nitrogens is 2. The van der Waals surface area contributed by atoms with Crippen molar-refractivity contribution in [1.29, 1.82) is 0 Å². The van der Waals surface area contributed by atoms with Gasteiger partial charge in [-0.2, -0.15) is 0 Å². The Labute approximate surface area is 122 Å². The van der Waals surface area contributed by atoms with Crippen molar-refractivity contribution in [3.05, 3.63) is 23.5 Å². The van der Waals surface area contributed by atoms with Crippen molar-refractivity contribution in [2.45, 2.75) is 39.7 Å². The molecule has 0 unspecified atom stereocenters. The number of carbonyl (C=O) groups is 1. The van der Waals surface area contributed by atoms with Gasteiger partial charge in [0.05, 0.1) is 5.69 Å². The largest absolute Gasteiger partial charge is 0.481 e. The quantitative estimate of drug-likeness (QED) is 0.735. The SMILES string of the molecule is CC(C)(CCNCc1cn2ccsc2n1)CCC(=O)O. The van der Waals surface area contributed by atoms with Crippen LogP contribution in [0.3, 0.4) is 0 Å². The van der Waals surface area contributed by atoms with Crippen LogP contribution in [-0.2, 0) is 11.3 Å². The van der Waals surface area contributed by atoms with Crippen LogP contribution in [-0.4, -0.2) is 27.0 Å². The molecule has 2 aromatic rings. The Morgan fingerprint density at radius 3 is 3.00 bits per heavy atom. The zero-order chi connectivity index (χ0) is 14.6. The molecule has 20 heavy (non-hydrogen) atoms. The summed E-state index contributed by atoms with van der Waals surface area (Å²) in [5.41, 5.74) is 1.10. The van der Waals surface area contributed by atoms with Gasteiger partial charge in [-0.1, -0.05) is 13.8 Å². The summed E-state index contributed by atoms with van der Waals surface area (Å²) in [7, 11) is 0. The van der Waals surface area contributed by atoms with Crippen molar-refractivity contribution in [3.63, 3.8) is 0 Å². The van der Waals surface area contributed by atoms with Gasteiger partial charge in [0.25, 0.3) is 0 Å². The van der Waals surface area contributed by atoms with Crippen molar-refractivity contribution in [3.8, 4) is 0 Å². The van der Waals surface area contributed by atoms with E-state index in [0.717, 1.165) is 30.2 Å². The van der Waals surface area contributed by atoms with Gasteiger partial charge in [-0.05, 0) is 24.8 Å². The second-order valence-corrected chi connectivity index (χ2v) is 6.68. The van der Waals surface area contributed by atoms with E-state index < -0.39 is 5.97 Å². The molecule has 0 aliphatic rings. The lowest BCUT2D eigenvalue weighted by Gasteiger charge is -2.23. The van der Waals surface area contributed by atoms with Crippen molar-refractivity contribution in [2.75, 3.05) is 6.54 Å². The van der Waals surface area contributed by atoms with Crippen LogP contribution in [0.1, 0.15) is 38.8 Å². The Bertz CT molecular complexity index is 545. The highest BCUT2D eigenvalue weighted by molar-refractivity contribution is 7.15. The molecular weight excluding hydrogens is 274 g/mol. The molecule has 2 heterocycles. The van der Waals surface area contributed by atoms with Crippen LogP contribution in [0.15, 0.2) is 17.8 Å². The average Bonchev–Trinajstić information content (AvgIpc) is 2.93. The van der Waals surface area contributed by atoms with E-state index in [4.69, 9.17) is 5.11 Å². The van der Waals surface area contributed by atoms with Gasteiger partial charge >= 0.3 is 5.97 Å². The molecule has 0 aliphatic heterocycles. The zero-order valence-corrected chi connectivity index (χ0v) is 12.7. The molecule has 6 heteroatoms. The third-order valence-corrected chi connectivity index (χ3v) is 4.21. The number of hydrogen-bond donors (Lipinski definition) is 2. The van der Waals surface area contributed by atoms with Crippen LogP contribution in [0.2, 0.25) is 0 Å². The molecule has 0 spiro atoms. The van der Waals surface area contributed by atoms with Gasteiger partial charge < -0.3 is 10.4 Å². The lowest BCUT2D eigenvalue weighted by molar-refractivity contribution is -0.137. The zero-order valence-electron chi connectivity index (χ0n) is 11.9. The lowest BCUT2D eigenvalue weighted by atomic mass is 9.84. The predicted octanol–water partition coefficient (Wildman–Crippen LogP) is 2.77. The number of carboxylic acids is 1. The minimum absolute atomic E-state index is 0.0555. The molecule has 110 valence electrons. The highest BCUT2D eigenvalue weighted by atomic mass is 32.1. The molecule has 0 amide bonds. The van der Waals surface area contributed by atoms with Crippen molar-refractivity contribution >= 4 is 22.3 Å². The molecule has 0 saturated carbocycles. The Hall–Kier alpha value is -1.40. The van der Waals surface area contributed by atoms with Crippen molar-refractivity contribution in [2.24, 2.45) is 5.41 Å². The van der Waals surface area contributed by atoms with Crippen LogP contribution in [0, 0.1) is 5.41 Å². The van der Waals surface area contributed by atoms with E-state index in [-0.39, 0.29) is 11.8 Å². The van der Waals surface area contributed by atoms with Crippen molar-refractivity contribution < 1.29 is 9.90 Å². The smallest absolute Gasteiger partial charge is 0.303 e.